The molecule has 128 valence electrons. The number of aryl methyl sites for hydroxylation is 1. The zero-order valence-electron chi connectivity index (χ0n) is 13.3. The van der Waals surface area contributed by atoms with E-state index in [1.54, 1.807) is 12.4 Å². The Hall–Kier alpha value is -2.28. The van der Waals surface area contributed by atoms with Crippen molar-refractivity contribution < 1.29 is 18.3 Å². The van der Waals surface area contributed by atoms with Gasteiger partial charge in [0.1, 0.15) is 17.5 Å². The molecule has 3 rings (SSSR count). The molecule has 0 spiro atoms. The van der Waals surface area contributed by atoms with Crippen molar-refractivity contribution in [3.63, 3.8) is 0 Å². The normalized spacial score (nSPS) is 16.8. The summed E-state index contributed by atoms with van der Waals surface area (Å²) in [6.07, 6.45) is 5.02. The van der Waals surface area contributed by atoms with Crippen molar-refractivity contribution in [3.8, 4) is 0 Å². The number of hydrogen-bond acceptors (Lipinski definition) is 3. The number of ether oxygens (including phenoxy) is 1. The summed E-state index contributed by atoms with van der Waals surface area (Å²) in [5.41, 5.74) is -0.178. The Balaban J connectivity index is 1.85. The highest BCUT2D eigenvalue weighted by molar-refractivity contribution is 5.94. The molecule has 1 amide bonds. The summed E-state index contributed by atoms with van der Waals surface area (Å²) >= 11 is 0. The second-order valence-electron chi connectivity index (χ2n) is 5.92. The Kier molecular flexibility index (Phi) is 4.89. The molecule has 1 fully saturated rings. The monoisotopic (exact) mass is 335 g/mol. The molecule has 1 aliphatic heterocycles. The Morgan fingerprint density at radius 2 is 2.12 bits per heavy atom. The summed E-state index contributed by atoms with van der Waals surface area (Å²) in [5, 5.41) is 2.87. The Morgan fingerprint density at radius 1 is 1.38 bits per heavy atom. The lowest BCUT2D eigenvalue weighted by Gasteiger charge is -2.30. The van der Waals surface area contributed by atoms with E-state index in [1.165, 1.54) is 0 Å². The molecular formula is C17H19F2N3O2. The van der Waals surface area contributed by atoms with Crippen molar-refractivity contribution in [2.24, 2.45) is 13.0 Å². The lowest BCUT2D eigenvalue weighted by atomic mass is 9.90. The summed E-state index contributed by atoms with van der Waals surface area (Å²) in [7, 11) is 1.85. The summed E-state index contributed by atoms with van der Waals surface area (Å²) in [5.74, 6) is -1.32. The molecule has 1 aromatic carbocycles. The molecule has 0 saturated carbocycles. The van der Waals surface area contributed by atoms with Gasteiger partial charge in [-0.2, -0.15) is 0 Å². The van der Waals surface area contributed by atoms with E-state index in [9.17, 15) is 13.6 Å². The van der Waals surface area contributed by atoms with Gasteiger partial charge in [0.05, 0.1) is 11.6 Å². The van der Waals surface area contributed by atoms with E-state index in [0.717, 1.165) is 25.0 Å². The maximum absolute atomic E-state index is 13.9. The Bertz CT molecular complexity index is 726. The van der Waals surface area contributed by atoms with Gasteiger partial charge >= 0.3 is 0 Å². The van der Waals surface area contributed by atoms with Crippen LogP contribution in [0.5, 0.6) is 0 Å². The van der Waals surface area contributed by atoms with Crippen LogP contribution in [0.2, 0.25) is 0 Å². The number of benzene rings is 1. The number of aromatic nitrogens is 2. The number of hydrogen-bond donors (Lipinski definition) is 1. The number of carbonyl (C=O) groups excluding carboxylic acids is 1. The lowest BCUT2D eigenvalue weighted by Crippen LogP contribution is -2.37. The highest BCUT2D eigenvalue weighted by Crippen LogP contribution is 2.29. The zero-order chi connectivity index (χ0) is 17.1. The fourth-order valence-electron chi connectivity index (χ4n) is 3.01. The van der Waals surface area contributed by atoms with Crippen LogP contribution < -0.4 is 5.32 Å². The topological polar surface area (TPSA) is 56.2 Å². The molecule has 0 bridgehead atoms. The highest BCUT2D eigenvalue weighted by atomic mass is 19.1. The minimum Gasteiger partial charge on any atom is -0.381 e. The number of imidazole rings is 1. The molecule has 1 N–H and O–H groups in total. The van der Waals surface area contributed by atoms with E-state index < -0.39 is 17.5 Å². The van der Waals surface area contributed by atoms with Gasteiger partial charge in [0, 0.05) is 38.7 Å². The van der Waals surface area contributed by atoms with Crippen LogP contribution in [0.15, 0.2) is 30.6 Å². The minimum absolute atomic E-state index is 0.146. The standard InChI is InChI=1S/C17H19F2N3O2/c1-22-7-6-20-16(22)15(11-4-8-24-9-5-11)21-17(23)13-3-2-12(18)10-14(13)19/h2-3,6-7,10-11,15H,4-5,8-9H2,1H3,(H,21,23)/t15-/m1/s1. The third-order valence-electron chi connectivity index (χ3n) is 4.34. The van der Waals surface area contributed by atoms with Crippen molar-refractivity contribution >= 4 is 5.91 Å². The molecular weight excluding hydrogens is 316 g/mol. The molecule has 1 aliphatic rings. The second kappa shape index (κ2) is 7.09. The fourth-order valence-corrected chi connectivity index (χ4v) is 3.01. The van der Waals surface area contributed by atoms with E-state index in [2.05, 4.69) is 10.3 Å². The SMILES string of the molecule is Cn1ccnc1[C@H](NC(=O)c1ccc(F)cc1F)C1CCOCC1. The number of halogens is 2. The molecule has 1 aromatic heterocycles. The third kappa shape index (κ3) is 3.46. The zero-order valence-corrected chi connectivity index (χ0v) is 13.3. The van der Waals surface area contributed by atoms with Gasteiger partial charge < -0.3 is 14.6 Å². The molecule has 1 saturated heterocycles. The smallest absolute Gasteiger partial charge is 0.254 e. The van der Waals surface area contributed by atoms with E-state index in [-0.39, 0.29) is 17.5 Å². The predicted molar refractivity (Wildman–Crippen MR) is 83.3 cm³/mol. The molecule has 0 aliphatic carbocycles. The molecule has 0 unspecified atom stereocenters. The van der Waals surface area contributed by atoms with Crippen molar-refractivity contribution in [1.82, 2.24) is 14.9 Å². The van der Waals surface area contributed by atoms with Crippen LogP contribution in [0, 0.1) is 17.6 Å². The molecule has 1 atom stereocenters. The van der Waals surface area contributed by atoms with E-state index >= 15 is 0 Å². The third-order valence-corrected chi connectivity index (χ3v) is 4.34. The minimum atomic E-state index is -0.877. The Morgan fingerprint density at radius 3 is 2.75 bits per heavy atom. The Labute approximate surface area is 138 Å². The number of amides is 1. The summed E-state index contributed by atoms with van der Waals surface area (Å²) in [6, 6.07) is 2.58. The van der Waals surface area contributed by atoms with Crippen molar-refractivity contribution in [3.05, 3.63) is 53.6 Å². The first-order valence-corrected chi connectivity index (χ1v) is 7.87. The van der Waals surface area contributed by atoms with Crippen LogP contribution in [-0.4, -0.2) is 28.7 Å². The van der Waals surface area contributed by atoms with Gasteiger partial charge in [-0.15, -0.1) is 0 Å². The summed E-state index contributed by atoms with van der Waals surface area (Å²) in [6.45, 7) is 1.23. The summed E-state index contributed by atoms with van der Waals surface area (Å²) < 4.78 is 34.1. The van der Waals surface area contributed by atoms with Crippen LogP contribution in [0.25, 0.3) is 0 Å². The van der Waals surface area contributed by atoms with Crippen LogP contribution in [0.4, 0.5) is 8.78 Å². The van der Waals surface area contributed by atoms with Gasteiger partial charge in [-0.3, -0.25) is 4.79 Å². The lowest BCUT2D eigenvalue weighted by molar-refractivity contribution is 0.0498. The first-order chi connectivity index (χ1) is 11.6. The maximum atomic E-state index is 13.9. The van der Waals surface area contributed by atoms with Crippen molar-refractivity contribution in [2.75, 3.05) is 13.2 Å². The molecule has 2 aromatic rings. The van der Waals surface area contributed by atoms with E-state index in [0.29, 0.717) is 25.1 Å². The molecule has 0 radical (unpaired) electrons. The van der Waals surface area contributed by atoms with Gasteiger partial charge in [-0.05, 0) is 30.9 Å². The highest BCUT2D eigenvalue weighted by Gasteiger charge is 2.30. The summed E-state index contributed by atoms with van der Waals surface area (Å²) in [4.78, 5) is 16.8. The molecule has 5 nitrogen and oxygen atoms in total. The van der Waals surface area contributed by atoms with Crippen molar-refractivity contribution in [1.29, 1.82) is 0 Å². The number of nitrogens with zero attached hydrogens (tertiary/aromatic N) is 2. The maximum Gasteiger partial charge on any atom is 0.254 e. The van der Waals surface area contributed by atoms with E-state index in [4.69, 9.17) is 4.74 Å². The largest absolute Gasteiger partial charge is 0.381 e. The van der Waals surface area contributed by atoms with Crippen molar-refractivity contribution in [2.45, 2.75) is 18.9 Å². The molecule has 24 heavy (non-hydrogen) atoms. The average Bonchev–Trinajstić information content (AvgIpc) is 2.99. The number of carbonyl (C=O) groups is 1. The van der Waals surface area contributed by atoms with Crippen LogP contribution in [-0.2, 0) is 11.8 Å². The second-order valence-corrected chi connectivity index (χ2v) is 5.92. The first kappa shape index (κ1) is 16.6. The van der Waals surface area contributed by atoms with Gasteiger partial charge in [0.25, 0.3) is 5.91 Å². The van der Waals surface area contributed by atoms with Gasteiger partial charge in [0.2, 0.25) is 0 Å². The predicted octanol–water partition coefficient (Wildman–Crippen LogP) is 2.60. The number of nitrogens with one attached hydrogen (secondary N) is 1. The van der Waals surface area contributed by atoms with Gasteiger partial charge in [-0.25, -0.2) is 13.8 Å². The van der Waals surface area contributed by atoms with Crippen LogP contribution in [0.3, 0.4) is 0 Å². The molecule has 7 heteroatoms. The van der Waals surface area contributed by atoms with Crippen LogP contribution >= 0.6 is 0 Å². The quantitative estimate of drug-likeness (QED) is 0.934. The molecule has 2 heterocycles. The van der Waals surface area contributed by atoms with Gasteiger partial charge in [0.15, 0.2) is 0 Å². The fraction of sp³-hybridized carbons (Fsp3) is 0.412. The van der Waals surface area contributed by atoms with Gasteiger partial charge in [-0.1, -0.05) is 0 Å². The van der Waals surface area contributed by atoms with E-state index in [1.807, 2.05) is 11.6 Å². The first-order valence-electron chi connectivity index (χ1n) is 7.87. The van der Waals surface area contributed by atoms with Crippen LogP contribution in [0.1, 0.15) is 35.1 Å². The average molecular weight is 335 g/mol. The number of rotatable bonds is 4.